The highest BCUT2D eigenvalue weighted by atomic mass is 32.2. The number of likely N-dealkylation sites (N-methyl/N-ethyl adjacent to an activating group) is 1. The zero-order valence-corrected chi connectivity index (χ0v) is 17.5. The Labute approximate surface area is 161 Å². The largest absolute Gasteiger partial charge is 0.347 e. The molecule has 1 aliphatic rings. The standard InChI is InChI=1S/C17H27N3O5S2/c1-19(2)17(21)16-6-4-12-20(16)13-5-11-18-27(24,25)15-9-7-14(8-10-15)26(3,22)23/h7-10,16,18H,4-6,11-13H2,1-3H3. The Morgan fingerprint density at radius 2 is 1.74 bits per heavy atom. The van der Waals surface area contributed by atoms with Gasteiger partial charge >= 0.3 is 0 Å². The highest BCUT2D eigenvalue weighted by Crippen LogP contribution is 2.19. The number of rotatable bonds is 8. The van der Waals surface area contributed by atoms with Crippen LogP contribution in [0.5, 0.6) is 0 Å². The van der Waals surface area contributed by atoms with Gasteiger partial charge in [-0.25, -0.2) is 21.6 Å². The second-order valence-electron chi connectivity index (χ2n) is 6.92. The van der Waals surface area contributed by atoms with Crippen molar-refractivity contribution in [1.82, 2.24) is 14.5 Å². The first-order valence-corrected chi connectivity index (χ1v) is 12.1. The highest BCUT2D eigenvalue weighted by Gasteiger charge is 2.31. The minimum absolute atomic E-state index is 0.0248. The predicted molar refractivity (Wildman–Crippen MR) is 103 cm³/mol. The fraction of sp³-hybridized carbons (Fsp3) is 0.588. The molecule has 0 saturated carbocycles. The maximum atomic E-state index is 12.3. The number of nitrogens with zero attached hydrogens (tertiary/aromatic N) is 2. The van der Waals surface area contributed by atoms with Gasteiger partial charge in [-0.15, -0.1) is 0 Å². The van der Waals surface area contributed by atoms with E-state index in [2.05, 4.69) is 9.62 Å². The van der Waals surface area contributed by atoms with Gasteiger partial charge in [0.15, 0.2) is 9.84 Å². The van der Waals surface area contributed by atoms with E-state index in [0.29, 0.717) is 13.0 Å². The smallest absolute Gasteiger partial charge is 0.240 e. The minimum Gasteiger partial charge on any atom is -0.347 e. The molecule has 1 saturated heterocycles. The molecule has 1 amide bonds. The number of benzene rings is 1. The van der Waals surface area contributed by atoms with Crippen LogP contribution in [0.1, 0.15) is 19.3 Å². The van der Waals surface area contributed by atoms with Crippen molar-refractivity contribution in [1.29, 1.82) is 0 Å². The summed E-state index contributed by atoms with van der Waals surface area (Å²) in [6.45, 7) is 1.72. The van der Waals surface area contributed by atoms with Crippen molar-refractivity contribution in [2.75, 3.05) is 40.0 Å². The van der Waals surface area contributed by atoms with Gasteiger partial charge in [-0.1, -0.05) is 0 Å². The molecular formula is C17H27N3O5S2. The molecule has 1 fully saturated rings. The molecule has 0 bridgehead atoms. The van der Waals surface area contributed by atoms with Gasteiger partial charge in [0.25, 0.3) is 0 Å². The molecule has 1 N–H and O–H groups in total. The van der Waals surface area contributed by atoms with Gasteiger partial charge in [0, 0.05) is 33.4 Å². The quantitative estimate of drug-likeness (QED) is 0.611. The number of amides is 1. The summed E-state index contributed by atoms with van der Waals surface area (Å²) in [5, 5.41) is 0. The fourth-order valence-electron chi connectivity index (χ4n) is 3.11. The van der Waals surface area contributed by atoms with Crippen molar-refractivity contribution in [2.24, 2.45) is 0 Å². The van der Waals surface area contributed by atoms with Gasteiger partial charge in [0.2, 0.25) is 15.9 Å². The summed E-state index contributed by atoms with van der Waals surface area (Å²) in [7, 11) is -3.59. The molecule has 1 atom stereocenters. The molecule has 1 aliphatic heterocycles. The van der Waals surface area contributed by atoms with E-state index >= 15 is 0 Å². The number of hydrogen-bond acceptors (Lipinski definition) is 6. The SMILES string of the molecule is CN(C)C(=O)C1CCCN1CCCNS(=O)(=O)c1ccc(S(C)(=O)=O)cc1. The van der Waals surface area contributed by atoms with E-state index in [4.69, 9.17) is 0 Å². The lowest BCUT2D eigenvalue weighted by molar-refractivity contribution is -0.133. The predicted octanol–water partition coefficient (Wildman–Crippen LogP) is 0.311. The second kappa shape index (κ2) is 8.68. The Hall–Kier alpha value is -1.49. The summed E-state index contributed by atoms with van der Waals surface area (Å²) in [5.41, 5.74) is 0. The van der Waals surface area contributed by atoms with Crippen LogP contribution in [0.4, 0.5) is 0 Å². The van der Waals surface area contributed by atoms with E-state index in [-0.39, 0.29) is 28.3 Å². The number of hydrogen-bond donors (Lipinski definition) is 1. The van der Waals surface area contributed by atoms with Crippen LogP contribution in [-0.2, 0) is 24.7 Å². The zero-order chi connectivity index (χ0) is 20.2. The molecule has 27 heavy (non-hydrogen) atoms. The lowest BCUT2D eigenvalue weighted by Gasteiger charge is -2.26. The van der Waals surface area contributed by atoms with Crippen LogP contribution in [0.25, 0.3) is 0 Å². The third kappa shape index (κ3) is 5.74. The third-order valence-electron chi connectivity index (χ3n) is 4.57. The Kier molecular flexibility index (Phi) is 7.01. The van der Waals surface area contributed by atoms with Crippen molar-refractivity contribution in [3.63, 3.8) is 0 Å². The van der Waals surface area contributed by atoms with Gasteiger partial charge in [-0.2, -0.15) is 0 Å². The monoisotopic (exact) mass is 417 g/mol. The molecule has 1 unspecified atom stereocenters. The van der Waals surface area contributed by atoms with Crippen LogP contribution in [0.15, 0.2) is 34.1 Å². The molecule has 0 spiro atoms. The van der Waals surface area contributed by atoms with Crippen molar-refractivity contribution in [3.8, 4) is 0 Å². The molecule has 152 valence electrons. The van der Waals surface area contributed by atoms with E-state index in [1.54, 1.807) is 19.0 Å². The van der Waals surface area contributed by atoms with Crippen LogP contribution in [-0.4, -0.2) is 78.6 Å². The summed E-state index contributed by atoms with van der Waals surface area (Å²) in [4.78, 5) is 15.9. The average molecular weight is 418 g/mol. The molecule has 0 aliphatic carbocycles. The molecular weight excluding hydrogens is 390 g/mol. The van der Waals surface area contributed by atoms with Gasteiger partial charge in [0.05, 0.1) is 15.8 Å². The molecule has 1 aromatic rings. The maximum absolute atomic E-state index is 12.3. The summed E-state index contributed by atoms with van der Waals surface area (Å²) >= 11 is 0. The topological polar surface area (TPSA) is 104 Å². The maximum Gasteiger partial charge on any atom is 0.240 e. The lowest BCUT2D eigenvalue weighted by atomic mass is 10.2. The minimum atomic E-state index is -3.70. The van der Waals surface area contributed by atoms with E-state index in [9.17, 15) is 21.6 Å². The van der Waals surface area contributed by atoms with Crippen molar-refractivity contribution < 1.29 is 21.6 Å². The second-order valence-corrected chi connectivity index (χ2v) is 10.7. The van der Waals surface area contributed by atoms with Gasteiger partial charge in [-0.3, -0.25) is 9.69 Å². The van der Waals surface area contributed by atoms with E-state index < -0.39 is 19.9 Å². The first kappa shape index (κ1) is 21.8. The molecule has 8 nitrogen and oxygen atoms in total. The van der Waals surface area contributed by atoms with Crippen molar-refractivity contribution >= 4 is 25.8 Å². The van der Waals surface area contributed by atoms with Crippen LogP contribution >= 0.6 is 0 Å². The van der Waals surface area contributed by atoms with Gasteiger partial charge < -0.3 is 4.90 Å². The van der Waals surface area contributed by atoms with Gasteiger partial charge in [-0.05, 0) is 50.1 Å². The lowest BCUT2D eigenvalue weighted by Crippen LogP contribution is -2.43. The molecule has 0 aromatic heterocycles. The Morgan fingerprint density at radius 1 is 1.15 bits per heavy atom. The summed E-state index contributed by atoms with van der Waals surface area (Å²) in [6.07, 6.45) is 3.44. The number of nitrogens with one attached hydrogen (secondary N) is 1. The Balaban J connectivity index is 1.88. The van der Waals surface area contributed by atoms with E-state index in [0.717, 1.165) is 25.6 Å². The Morgan fingerprint density at radius 3 is 2.30 bits per heavy atom. The Bertz CT molecular complexity index is 864. The van der Waals surface area contributed by atoms with Crippen molar-refractivity contribution in [3.05, 3.63) is 24.3 Å². The molecule has 1 heterocycles. The fourth-order valence-corrected chi connectivity index (χ4v) is 4.81. The van der Waals surface area contributed by atoms with E-state index in [1.807, 2.05) is 0 Å². The van der Waals surface area contributed by atoms with Crippen LogP contribution in [0.3, 0.4) is 0 Å². The average Bonchev–Trinajstić information content (AvgIpc) is 3.05. The molecule has 2 rings (SSSR count). The molecule has 0 radical (unpaired) electrons. The summed E-state index contributed by atoms with van der Waals surface area (Å²) in [5.74, 6) is 0.0825. The van der Waals surface area contributed by atoms with Crippen LogP contribution in [0, 0.1) is 0 Å². The number of carbonyl (C=O) groups excluding carboxylic acids is 1. The summed E-state index contributed by atoms with van der Waals surface area (Å²) in [6, 6.07) is 5.01. The normalized spacial score (nSPS) is 18.6. The number of sulfonamides is 1. The van der Waals surface area contributed by atoms with E-state index in [1.165, 1.54) is 24.3 Å². The van der Waals surface area contributed by atoms with Crippen LogP contribution in [0.2, 0.25) is 0 Å². The number of carbonyl (C=O) groups is 1. The van der Waals surface area contributed by atoms with Gasteiger partial charge in [0.1, 0.15) is 0 Å². The number of likely N-dealkylation sites (tertiary alicyclic amines) is 1. The summed E-state index contributed by atoms with van der Waals surface area (Å²) < 4.78 is 50.1. The van der Waals surface area contributed by atoms with Crippen molar-refractivity contribution in [2.45, 2.75) is 35.1 Å². The third-order valence-corrected chi connectivity index (χ3v) is 7.17. The first-order valence-electron chi connectivity index (χ1n) is 8.77. The molecule has 1 aromatic carbocycles. The zero-order valence-electron chi connectivity index (χ0n) is 15.9. The highest BCUT2D eigenvalue weighted by molar-refractivity contribution is 7.90. The number of sulfone groups is 1. The molecule has 10 heteroatoms. The van der Waals surface area contributed by atoms with Crippen LogP contribution < -0.4 is 4.72 Å². The first-order chi connectivity index (χ1) is 12.5.